The average molecular weight is 356 g/mol. The fraction of sp³-hybridized carbons (Fsp3) is 0.350. The van der Waals surface area contributed by atoms with Crippen LogP contribution in [-0.2, 0) is 11.3 Å². The third kappa shape index (κ3) is 4.69. The van der Waals surface area contributed by atoms with Gasteiger partial charge in [0.1, 0.15) is 5.75 Å². The smallest absolute Gasteiger partial charge is 0.239 e. The highest BCUT2D eigenvalue weighted by Crippen LogP contribution is 2.37. The van der Waals surface area contributed by atoms with Crippen molar-refractivity contribution < 1.29 is 9.53 Å². The first-order chi connectivity index (χ1) is 12.2. The van der Waals surface area contributed by atoms with E-state index in [9.17, 15) is 4.79 Å². The molecule has 1 heterocycles. The van der Waals surface area contributed by atoms with Crippen LogP contribution in [0.5, 0.6) is 5.75 Å². The highest BCUT2D eigenvalue weighted by Gasteiger charge is 2.23. The van der Waals surface area contributed by atoms with Gasteiger partial charge in [-0.05, 0) is 36.8 Å². The number of carbonyl (C=O) groups is 1. The van der Waals surface area contributed by atoms with Gasteiger partial charge in [0.15, 0.2) is 0 Å². The van der Waals surface area contributed by atoms with Crippen LogP contribution >= 0.6 is 11.8 Å². The van der Waals surface area contributed by atoms with Gasteiger partial charge in [0.2, 0.25) is 5.91 Å². The van der Waals surface area contributed by atoms with Crippen molar-refractivity contribution in [1.29, 1.82) is 0 Å². The average Bonchev–Trinajstić information content (AvgIpc) is 2.61. The first kappa shape index (κ1) is 17.7. The molecular formula is C20H24N2O2S. The molecule has 2 aromatic rings. The van der Waals surface area contributed by atoms with E-state index >= 15 is 0 Å². The monoisotopic (exact) mass is 356 g/mol. The van der Waals surface area contributed by atoms with Crippen LogP contribution in [-0.4, -0.2) is 30.9 Å². The van der Waals surface area contributed by atoms with Crippen molar-refractivity contribution in [3.8, 4) is 5.75 Å². The second-order valence-electron chi connectivity index (χ2n) is 6.13. The lowest BCUT2D eigenvalue weighted by atomic mass is 10.2. The van der Waals surface area contributed by atoms with Gasteiger partial charge in [-0.1, -0.05) is 31.2 Å². The number of carbonyl (C=O) groups excluding carboxylic acids is 1. The minimum Gasteiger partial charge on any atom is -0.494 e. The molecule has 1 amide bonds. The molecule has 25 heavy (non-hydrogen) atoms. The SMILES string of the molecule is CCOc1ccc(CNC(=O)CN2C[C@H](C)Sc3ccccc32)cc1. The molecule has 132 valence electrons. The summed E-state index contributed by atoms with van der Waals surface area (Å²) in [7, 11) is 0. The van der Waals surface area contributed by atoms with Crippen molar-refractivity contribution in [1.82, 2.24) is 5.32 Å². The number of rotatable bonds is 6. The van der Waals surface area contributed by atoms with Gasteiger partial charge < -0.3 is 15.0 Å². The summed E-state index contributed by atoms with van der Waals surface area (Å²) in [5.74, 6) is 0.900. The lowest BCUT2D eigenvalue weighted by Crippen LogP contribution is -2.41. The second kappa shape index (κ2) is 8.30. The molecule has 3 rings (SSSR count). The summed E-state index contributed by atoms with van der Waals surface area (Å²) in [5.41, 5.74) is 2.22. The summed E-state index contributed by atoms with van der Waals surface area (Å²) in [6.45, 7) is 6.63. The lowest BCUT2D eigenvalue weighted by Gasteiger charge is -2.33. The van der Waals surface area contributed by atoms with Crippen LogP contribution in [0.4, 0.5) is 5.69 Å². The van der Waals surface area contributed by atoms with Gasteiger partial charge in [-0.2, -0.15) is 0 Å². The Bertz CT molecular complexity index is 718. The van der Waals surface area contributed by atoms with E-state index in [-0.39, 0.29) is 5.91 Å². The number of thioether (sulfide) groups is 1. The molecule has 0 unspecified atom stereocenters. The van der Waals surface area contributed by atoms with Gasteiger partial charge in [-0.3, -0.25) is 4.79 Å². The molecule has 1 atom stereocenters. The lowest BCUT2D eigenvalue weighted by molar-refractivity contribution is -0.119. The second-order valence-corrected chi connectivity index (χ2v) is 7.61. The summed E-state index contributed by atoms with van der Waals surface area (Å²) in [6.07, 6.45) is 0. The first-order valence-electron chi connectivity index (χ1n) is 8.64. The Kier molecular flexibility index (Phi) is 5.87. The number of benzene rings is 2. The van der Waals surface area contributed by atoms with E-state index in [2.05, 4.69) is 29.3 Å². The number of nitrogens with zero attached hydrogens (tertiary/aromatic N) is 1. The third-order valence-electron chi connectivity index (χ3n) is 4.07. The first-order valence-corrected chi connectivity index (χ1v) is 9.52. The zero-order valence-electron chi connectivity index (χ0n) is 14.7. The summed E-state index contributed by atoms with van der Waals surface area (Å²) >= 11 is 1.87. The number of para-hydroxylation sites is 1. The van der Waals surface area contributed by atoms with Gasteiger partial charge >= 0.3 is 0 Å². The zero-order valence-corrected chi connectivity index (χ0v) is 15.5. The van der Waals surface area contributed by atoms with Crippen molar-refractivity contribution in [3.05, 3.63) is 54.1 Å². The van der Waals surface area contributed by atoms with Crippen LogP contribution in [0.15, 0.2) is 53.4 Å². The number of anilines is 1. The largest absolute Gasteiger partial charge is 0.494 e. The van der Waals surface area contributed by atoms with Crippen LogP contribution in [0.3, 0.4) is 0 Å². The zero-order chi connectivity index (χ0) is 17.6. The van der Waals surface area contributed by atoms with Crippen LogP contribution in [0.1, 0.15) is 19.4 Å². The quantitative estimate of drug-likeness (QED) is 0.857. The van der Waals surface area contributed by atoms with Crippen LogP contribution in [0.25, 0.3) is 0 Å². The molecule has 5 heteroatoms. The summed E-state index contributed by atoms with van der Waals surface area (Å²) in [6, 6.07) is 16.1. The molecule has 1 N–H and O–H groups in total. The number of ether oxygens (including phenoxy) is 1. The van der Waals surface area contributed by atoms with E-state index in [1.165, 1.54) is 4.90 Å². The van der Waals surface area contributed by atoms with Crippen molar-refractivity contribution in [2.45, 2.75) is 30.5 Å². The summed E-state index contributed by atoms with van der Waals surface area (Å²) in [5, 5.41) is 3.50. The number of hydrogen-bond acceptors (Lipinski definition) is 4. The predicted octanol–water partition coefficient (Wildman–Crippen LogP) is 3.70. The maximum atomic E-state index is 12.4. The molecule has 0 spiro atoms. The van der Waals surface area contributed by atoms with Gasteiger partial charge in [-0.15, -0.1) is 11.8 Å². The van der Waals surface area contributed by atoms with Crippen LogP contribution in [0.2, 0.25) is 0 Å². The third-order valence-corrected chi connectivity index (χ3v) is 5.22. The van der Waals surface area contributed by atoms with Crippen LogP contribution in [0, 0.1) is 0 Å². The van der Waals surface area contributed by atoms with E-state index in [4.69, 9.17) is 4.74 Å². The molecule has 4 nitrogen and oxygen atoms in total. The van der Waals surface area contributed by atoms with E-state index in [1.54, 1.807) is 0 Å². The molecule has 0 saturated carbocycles. The Morgan fingerprint density at radius 1 is 1.24 bits per heavy atom. The Morgan fingerprint density at radius 3 is 2.76 bits per heavy atom. The topological polar surface area (TPSA) is 41.6 Å². The molecule has 2 aromatic carbocycles. The minimum absolute atomic E-state index is 0.0442. The Hall–Kier alpha value is -2.14. The molecule has 0 saturated heterocycles. The summed E-state index contributed by atoms with van der Waals surface area (Å²) in [4.78, 5) is 15.8. The highest BCUT2D eigenvalue weighted by atomic mass is 32.2. The maximum Gasteiger partial charge on any atom is 0.239 e. The Labute approximate surface area is 153 Å². The molecular weight excluding hydrogens is 332 g/mol. The van der Waals surface area contributed by atoms with Gasteiger partial charge in [-0.25, -0.2) is 0 Å². The van der Waals surface area contributed by atoms with Crippen molar-refractivity contribution >= 4 is 23.4 Å². The number of nitrogens with one attached hydrogen (secondary N) is 1. The highest BCUT2D eigenvalue weighted by molar-refractivity contribution is 8.00. The van der Waals surface area contributed by atoms with Gasteiger partial charge in [0, 0.05) is 23.2 Å². The van der Waals surface area contributed by atoms with E-state index in [0.29, 0.717) is 24.9 Å². The Morgan fingerprint density at radius 2 is 2.00 bits per heavy atom. The van der Waals surface area contributed by atoms with Crippen molar-refractivity contribution in [3.63, 3.8) is 0 Å². The fourth-order valence-electron chi connectivity index (χ4n) is 2.93. The van der Waals surface area contributed by atoms with Gasteiger partial charge in [0.05, 0.1) is 18.8 Å². The number of hydrogen-bond donors (Lipinski definition) is 1. The number of fused-ring (bicyclic) bond motifs is 1. The molecule has 0 fully saturated rings. The maximum absolute atomic E-state index is 12.4. The number of amides is 1. The molecule has 0 aliphatic carbocycles. The molecule has 0 aromatic heterocycles. The van der Waals surface area contributed by atoms with E-state index < -0.39 is 0 Å². The molecule has 1 aliphatic rings. The van der Waals surface area contributed by atoms with Crippen molar-refractivity contribution in [2.75, 3.05) is 24.6 Å². The Balaban J connectivity index is 1.56. The molecule has 1 aliphatic heterocycles. The molecule has 0 bridgehead atoms. The normalized spacial score (nSPS) is 16.2. The van der Waals surface area contributed by atoms with E-state index in [1.807, 2.05) is 55.1 Å². The predicted molar refractivity (Wildman–Crippen MR) is 103 cm³/mol. The standard InChI is InChI=1S/C20H24N2O2S/c1-3-24-17-10-8-16(9-11-17)12-21-20(23)14-22-13-15(2)25-19-7-5-4-6-18(19)22/h4-11,15H,3,12-14H2,1-2H3,(H,21,23)/t15-/m0/s1. The fourth-order valence-corrected chi connectivity index (χ4v) is 4.09. The molecule has 0 radical (unpaired) electrons. The van der Waals surface area contributed by atoms with E-state index in [0.717, 1.165) is 23.5 Å². The summed E-state index contributed by atoms with van der Waals surface area (Å²) < 4.78 is 5.43. The minimum atomic E-state index is 0.0442. The van der Waals surface area contributed by atoms with Gasteiger partial charge in [0.25, 0.3) is 0 Å². The van der Waals surface area contributed by atoms with Crippen LogP contribution < -0.4 is 15.0 Å². The van der Waals surface area contributed by atoms with Crippen molar-refractivity contribution in [2.24, 2.45) is 0 Å².